The first kappa shape index (κ1) is 29.9. The average Bonchev–Trinajstić information content (AvgIpc) is 2.50. The molecule has 0 amide bonds. The lowest BCUT2D eigenvalue weighted by atomic mass is 10.3. The smallest absolute Gasteiger partial charge is 0.115 e. The zero-order valence-electron chi connectivity index (χ0n) is 13.2. The third-order valence-electron chi connectivity index (χ3n) is 0.756. The SMILES string of the molecule is CC.CC.CC.CC.CCl.Oc1ccccc1. The van der Waals surface area contributed by atoms with Crippen LogP contribution in [0.2, 0.25) is 0 Å². The average molecular weight is 265 g/mol. The number of aromatic hydroxyl groups is 1. The minimum absolute atomic E-state index is 0.322. The minimum atomic E-state index is 0.322. The number of alkyl halides is 1. The van der Waals surface area contributed by atoms with Gasteiger partial charge in [0.25, 0.3) is 0 Å². The standard InChI is InChI=1S/C6H6O.4C2H6.CH3Cl/c7-6-4-2-1-3-5-6;5*1-2/h1-5,7H;4*1-2H3;1H3. The van der Waals surface area contributed by atoms with E-state index in [1.807, 2.05) is 61.5 Å². The molecule has 0 aliphatic carbocycles. The van der Waals surface area contributed by atoms with Crippen LogP contribution in [-0.2, 0) is 0 Å². The van der Waals surface area contributed by atoms with Gasteiger partial charge in [0.05, 0.1) is 0 Å². The molecule has 0 heterocycles. The molecule has 2 heteroatoms. The van der Waals surface area contributed by atoms with Gasteiger partial charge >= 0.3 is 0 Å². The van der Waals surface area contributed by atoms with Gasteiger partial charge < -0.3 is 5.11 Å². The molecule has 0 radical (unpaired) electrons. The van der Waals surface area contributed by atoms with E-state index < -0.39 is 0 Å². The summed E-state index contributed by atoms with van der Waals surface area (Å²) < 4.78 is 0. The Bertz CT molecular complexity index is 141. The molecule has 106 valence electrons. The molecule has 0 saturated carbocycles. The maximum atomic E-state index is 8.63. The summed E-state index contributed by atoms with van der Waals surface area (Å²) in [6, 6.07) is 8.71. The summed E-state index contributed by atoms with van der Waals surface area (Å²) in [5.74, 6) is 0.322. The molecule has 1 rings (SSSR count). The van der Waals surface area contributed by atoms with Gasteiger partial charge in [-0.15, -0.1) is 11.6 Å². The van der Waals surface area contributed by atoms with Crippen molar-refractivity contribution in [3.05, 3.63) is 30.3 Å². The van der Waals surface area contributed by atoms with Gasteiger partial charge in [0.15, 0.2) is 0 Å². The molecule has 0 saturated heterocycles. The third kappa shape index (κ3) is 50.8. The Balaban J connectivity index is -0.0000000413. The monoisotopic (exact) mass is 264 g/mol. The lowest BCUT2D eigenvalue weighted by Crippen LogP contribution is -1.56. The highest BCUT2D eigenvalue weighted by molar-refractivity contribution is 6.15. The lowest BCUT2D eigenvalue weighted by Gasteiger charge is -1.82. The van der Waals surface area contributed by atoms with Crippen molar-refractivity contribution in [2.45, 2.75) is 55.4 Å². The molecule has 0 bridgehead atoms. The Morgan fingerprint density at radius 3 is 1.00 bits per heavy atom. The summed E-state index contributed by atoms with van der Waals surface area (Å²) in [6.07, 6.45) is 1.47. The van der Waals surface area contributed by atoms with Crippen LogP contribution in [0.1, 0.15) is 55.4 Å². The summed E-state index contributed by atoms with van der Waals surface area (Å²) in [7, 11) is 0. The molecule has 1 N–H and O–H groups in total. The van der Waals surface area contributed by atoms with Crippen LogP contribution >= 0.6 is 11.6 Å². The molecular formula is C15H33ClO. The van der Waals surface area contributed by atoms with Crippen molar-refractivity contribution in [1.82, 2.24) is 0 Å². The molecule has 0 atom stereocenters. The van der Waals surface area contributed by atoms with Gasteiger partial charge in [-0.2, -0.15) is 0 Å². The molecule has 1 aromatic carbocycles. The molecule has 1 aromatic rings. The van der Waals surface area contributed by atoms with Crippen LogP contribution in [0.25, 0.3) is 0 Å². The highest BCUT2D eigenvalue weighted by Gasteiger charge is 1.74. The van der Waals surface area contributed by atoms with E-state index in [1.54, 1.807) is 24.3 Å². The molecule has 0 aromatic heterocycles. The van der Waals surface area contributed by atoms with E-state index in [0.29, 0.717) is 5.75 Å². The van der Waals surface area contributed by atoms with Crippen LogP contribution in [0.3, 0.4) is 0 Å². The van der Waals surface area contributed by atoms with Gasteiger partial charge in [-0.05, 0) is 12.1 Å². The van der Waals surface area contributed by atoms with Crippen molar-refractivity contribution in [2.24, 2.45) is 0 Å². The fourth-order valence-electron chi connectivity index (χ4n) is 0.428. The molecular weight excluding hydrogens is 232 g/mol. The predicted molar refractivity (Wildman–Crippen MR) is 85.3 cm³/mol. The number of benzene rings is 1. The maximum Gasteiger partial charge on any atom is 0.115 e. The van der Waals surface area contributed by atoms with Crippen LogP contribution in [0, 0.1) is 0 Å². The van der Waals surface area contributed by atoms with Gasteiger partial charge in [0.1, 0.15) is 5.75 Å². The van der Waals surface area contributed by atoms with Crippen LogP contribution in [0.5, 0.6) is 5.75 Å². The fraction of sp³-hybridized carbons (Fsp3) is 0.600. The minimum Gasteiger partial charge on any atom is -0.508 e. The number of phenolic OH excluding ortho intramolecular Hbond substituents is 1. The van der Waals surface area contributed by atoms with Crippen molar-refractivity contribution in [3.8, 4) is 5.75 Å². The zero-order chi connectivity index (χ0) is 15.1. The van der Waals surface area contributed by atoms with Gasteiger partial charge in [0, 0.05) is 6.38 Å². The molecule has 0 aliphatic rings. The number of rotatable bonds is 0. The van der Waals surface area contributed by atoms with E-state index in [-0.39, 0.29) is 0 Å². The van der Waals surface area contributed by atoms with E-state index in [1.165, 1.54) is 6.38 Å². The van der Waals surface area contributed by atoms with Gasteiger partial charge in [0.2, 0.25) is 0 Å². The van der Waals surface area contributed by atoms with Crippen molar-refractivity contribution in [1.29, 1.82) is 0 Å². The second kappa shape index (κ2) is 58.7. The Morgan fingerprint density at radius 2 is 0.882 bits per heavy atom. The summed E-state index contributed by atoms with van der Waals surface area (Å²) in [6.45, 7) is 16.0. The molecule has 0 unspecified atom stereocenters. The first-order valence-electron chi connectivity index (χ1n) is 6.51. The number of hydrogen-bond acceptors (Lipinski definition) is 1. The highest BCUT2D eigenvalue weighted by Crippen LogP contribution is 2.02. The van der Waals surface area contributed by atoms with E-state index in [2.05, 4.69) is 11.6 Å². The quantitative estimate of drug-likeness (QED) is 0.541. The molecule has 1 nitrogen and oxygen atoms in total. The van der Waals surface area contributed by atoms with Gasteiger partial charge in [-0.1, -0.05) is 73.6 Å². The molecule has 0 spiro atoms. The predicted octanol–water partition coefficient (Wildman–Crippen LogP) is 6.35. The van der Waals surface area contributed by atoms with Crippen LogP contribution in [0.15, 0.2) is 30.3 Å². The summed E-state index contributed by atoms with van der Waals surface area (Å²) in [4.78, 5) is 0. The fourth-order valence-corrected chi connectivity index (χ4v) is 0.428. The molecule has 0 aliphatic heterocycles. The second-order valence-electron chi connectivity index (χ2n) is 1.34. The lowest BCUT2D eigenvalue weighted by molar-refractivity contribution is 0.475. The highest BCUT2D eigenvalue weighted by atomic mass is 35.5. The Kier molecular flexibility index (Phi) is 103. The Labute approximate surface area is 115 Å². The largest absolute Gasteiger partial charge is 0.508 e. The first-order valence-corrected chi connectivity index (χ1v) is 7.27. The zero-order valence-corrected chi connectivity index (χ0v) is 14.0. The van der Waals surface area contributed by atoms with E-state index in [9.17, 15) is 0 Å². The Hall–Kier alpha value is -0.690. The van der Waals surface area contributed by atoms with Crippen molar-refractivity contribution < 1.29 is 5.11 Å². The summed E-state index contributed by atoms with van der Waals surface area (Å²) in [5, 5.41) is 8.63. The van der Waals surface area contributed by atoms with Crippen LogP contribution < -0.4 is 0 Å². The number of para-hydroxylation sites is 1. The van der Waals surface area contributed by atoms with Crippen LogP contribution in [0.4, 0.5) is 0 Å². The topological polar surface area (TPSA) is 20.2 Å². The normalized spacial score (nSPS) is 5.29. The second-order valence-corrected chi connectivity index (χ2v) is 1.34. The van der Waals surface area contributed by atoms with Crippen molar-refractivity contribution in [3.63, 3.8) is 0 Å². The van der Waals surface area contributed by atoms with Gasteiger partial charge in [-0.3, -0.25) is 0 Å². The summed E-state index contributed by atoms with van der Waals surface area (Å²) >= 11 is 4.64. The summed E-state index contributed by atoms with van der Waals surface area (Å²) in [5.41, 5.74) is 0. The first-order chi connectivity index (χ1) is 8.39. The third-order valence-corrected chi connectivity index (χ3v) is 0.756. The molecule has 17 heavy (non-hydrogen) atoms. The van der Waals surface area contributed by atoms with E-state index in [0.717, 1.165) is 0 Å². The van der Waals surface area contributed by atoms with E-state index >= 15 is 0 Å². The van der Waals surface area contributed by atoms with Crippen molar-refractivity contribution >= 4 is 11.6 Å². The Morgan fingerprint density at radius 1 is 0.647 bits per heavy atom. The number of hydrogen-bond donors (Lipinski definition) is 1. The van der Waals surface area contributed by atoms with Crippen LogP contribution in [-0.4, -0.2) is 11.5 Å². The molecule has 0 fully saturated rings. The van der Waals surface area contributed by atoms with Crippen molar-refractivity contribution in [2.75, 3.05) is 6.38 Å². The van der Waals surface area contributed by atoms with E-state index in [4.69, 9.17) is 5.11 Å². The number of halogens is 1. The van der Waals surface area contributed by atoms with Gasteiger partial charge in [-0.25, -0.2) is 0 Å². The number of phenols is 1. The maximum absolute atomic E-state index is 8.63.